The first-order chi connectivity index (χ1) is 10.8. The maximum atomic E-state index is 10.8. The lowest BCUT2D eigenvalue weighted by molar-refractivity contribution is 0.123. The van der Waals surface area contributed by atoms with E-state index in [0.717, 1.165) is 46.7 Å². The first kappa shape index (κ1) is 13.6. The van der Waals surface area contributed by atoms with Crippen LogP contribution in [0.3, 0.4) is 0 Å². The first-order valence-electron chi connectivity index (χ1n) is 7.54. The Labute approximate surface area is 129 Å². The summed E-state index contributed by atoms with van der Waals surface area (Å²) in [5.74, 6) is 1.50. The summed E-state index contributed by atoms with van der Waals surface area (Å²) in [5, 5.41) is 14.2. The van der Waals surface area contributed by atoms with Gasteiger partial charge in [-0.25, -0.2) is 0 Å². The minimum absolute atomic E-state index is 0.0894. The smallest absolute Gasteiger partial charge is 0.168 e. The minimum atomic E-state index is -0.541. The highest BCUT2D eigenvalue weighted by Crippen LogP contribution is 2.53. The van der Waals surface area contributed by atoms with Crippen LogP contribution in [0.2, 0.25) is 0 Å². The highest BCUT2D eigenvalue weighted by Gasteiger charge is 2.38. The van der Waals surface area contributed by atoms with E-state index in [-0.39, 0.29) is 6.04 Å². The number of ether oxygens (including phenoxy) is 2. The molecule has 1 aliphatic heterocycles. The van der Waals surface area contributed by atoms with Crippen molar-refractivity contribution in [2.75, 3.05) is 20.8 Å². The van der Waals surface area contributed by atoms with Gasteiger partial charge in [-0.1, -0.05) is 24.3 Å². The van der Waals surface area contributed by atoms with Crippen LogP contribution in [0.1, 0.15) is 28.8 Å². The van der Waals surface area contributed by atoms with E-state index in [1.54, 1.807) is 14.2 Å². The summed E-state index contributed by atoms with van der Waals surface area (Å²) in [7, 11) is 3.33. The van der Waals surface area contributed by atoms with Crippen molar-refractivity contribution in [1.29, 1.82) is 0 Å². The fourth-order valence-corrected chi connectivity index (χ4v) is 3.79. The molecule has 0 aromatic heterocycles. The lowest BCUT2D eigenvalue weighted by Crippen LogP contribution is -2.36. The molecule has 2 atom stereocenters. The molecular formula is C18H19NO3. The molecule has 2 aliphatic rings. The Balaban J connectivity index is 2.11. The number of methoxy groups -OCH3 is 2. The van der Waals surface area contributed by atoms with Crippen LogP contribution in [0.4, 0.5) is 0 Å². The molecule has 0 saturated heterocycles. The van der Waals surface area contributed by atoms with Gasteiger partial charge in [-0.15, -0.1) is 0 Å². The molecule has 4 nitrogen and oxygen atoms in total. The number of rotatable bonds is 2. The van der Waals surface area contributed by atoms with Crippen molar-refractivity contribution in [1.82, 2.24) is 5.32 Å². The van der Waals surface area contributed by atoms with E-state index in [1.807, 2.05) is 30.3 Å². The number of fused-ring (bicyclic) bond motifs is 2. The van der Waals surface area contributed by atoms with Crippen molar-refractivity contribution in [3.05, 3.63) is 47.0 Å². The average molecular weight is 297 g/mol. The summed E-state index contributed by atoms with van der Waals surface area (Å²) >= 11 is 0. The van der Waals surface area contributed by atoms with Crippen LogP contribution in [0.15, 0.2) is 30.3 Å². The van der Waals surface area contributed by atoms with E-state index in [0.29, 0.717) is 0 Å². The normalized spacial score (nSPS) is 21.8. The van der Waals surface area contributed by atoms with Gasteiger partial charge < -0.3 is 19.9 Å². The number of hydrogen-bond donors (Lipinski definition) is 2. The van der Waals surface area contributed by atoms with Crippen molar-refractivity contribution < 1.29 is 14.6 Å². The molecule has 114 valence electrons. The number of benzene rings is 2. The molecule has 2 aromatic rings. The summed E-state index contributed by atoms with van der Waals surface area (Å²) in [6, 6.07) is 9.94. The molecule has 2 N–H and O–H groups in total. The topological polar surface area (TPSA) is 50.7 Å². The molecular weight excluding hydrogens is 278 g/mol. The third-order valence-electron chi connectivity index (χ3n) is 4.73. The Bertz CT molecular complexity index is 741. The van der Waals surface area contributed by atoms with Gasteiger partial charge in [0, 0.05) is 5.56 Å². The zero-order valence-electron chi connectivity index (χ0n) is 12.7. The van der Waals surface area contributed by atoms with Crippen LogP contribution in [-0.2, 0) is 6.42 Å². The van der Waals surface area contributed by atoms with Crippen LogP contribution >= 0.6 is 0 Å². The summed E-state index contributed by atoms with van der Waals surface area (Å²) in [6.45, 7) is 0.853. The van der Waals surface area contributed by atoms with Crippen molar-refractivity contribution in [2.24, 2.45) is 0 Å². The van der Waals surface area contributed by atoms with Crippen LogP contribution < -0.4 is 14.8 Å². The zero-order chi connectivity index (χ0) is 15.3. The maximum absolute atomic E-state index is 10.8. The summed E-state index contributed by atoms with van der Waals surface area (Å²) in [6.07, 6.45) is 0.384. The minimum Gasteiger partial charge on any atom is -0.493 e. The number of nitrogens with one attached hydrogen (secondary N) is 1. The second-order valence-corrected chi connectivity index (χ2v) is 5.77. The highest BCUT2D eigenvalue weighted by molar-refractivity contribution is 5.84. The lowest BCUT2D eigenvalue weighted by atomic mass is 9.76. The molecule has 0 fully saturated rings. The maximum Gasteiger partial charge on any atom is 0.168 e. The van der Waals surface area contributed by atoms with Crippen LogP contribution in [-0.4, -0.2) is 25.9 Å². The van der Waals surface area contributed by atoms with E-state index in [2.05, 4.69) is 5.32 Å². The van der Waals surface area contributed by atoms with E-state index < -0.39 is 6.10 Å². The molecule has 22 heavy (non-hydrogen) atoms. The highest BCUT2D eigenvalue weighted by atomic mass is 16.5. The predicted octanol–water partition coefficient (Wildman–Crippen LogP) is 2.60. The van der Waals surface area contributed by atoms with Crippen molar-refractivity contribution >= 4 is 0 Å². The standard InChI is InChI=1S/C18H19NO3/c1-21-13-9-10-7-8-19-16-14(10)15(18(13)22-2)11-5-3-4-6-12(11)17(16)20/h3-6,9,16-17,19-20H,7-8H2,1-2H3/t16-,17+/m0/s1. The Morgan fingerprint density at radius 3 is 2.77 bits per heavy atom. The molecule has 0 radical (unpaired) electrons. The fraction of sp³-hybridized carbons (Fsp3) is 0.333. The molecule has 0 bridgehead atoms. The monoisotopic (exact) mass is 297 g/mol. The Morgan fingerprint density at radius 1 is 1.18 bits per heavy atom. The Kier molecular flexibility index (Phi) is 3.10. The number of aliphatic hydroxyl groups is 1. The average Bonchev–Trinajstić information content (AvgIpc) is 2.58. The van der Waals surface area contributed by atoms with E-state index in [9.17, 15) is 5.11 Å². The van der Waals surface area contributed by atoms with Crippen molar-refractivity contribution in [3.8, 4) is 22.6 Å². The van der Waals surface area contributed by atoms with Crippen LogP contribution in [0, 0.1) is 0 Å². The number of hydrogen-bond acceptors (Lipinski definition) is 4. The Hall–Kier alpha value is -2.04. The van der Waals surface area contributed by atoms with Crippen molar-refractivity contribution in [2.45, 2.75) is 18.6 Å². The second-order valence-electron chi connectivity index (χ2n) is 5.77. The van der Waals surface area contributed by atoms with Gasteiger partial charge >= 0.3 is 0 Å². The van der Waals surface area contributed by atoms with Crippen LogP contribution in [0.25, 0.3) is 11.1 Å². The van der Waals surface area contributed by atoms with Gasteiger partial charge in [0.25, 0.3) is 0 Å². The molecule has 4 heteroatoms. The second kappa shape index (κ2) is 5.00. The third kappa shape index (κ3) is 1.71. The number of aliphatic hydroxyl groups excluding tert-OH is 1. The molecule has 2 aromatic carbocycles. The van der Waals surface area contributed by atoms with Crippen LogP contribution in [0.5, 0.6) is 11.5 Å². The van der Waals surface area contributed by atoms with E-state index in [4.69, 9.17) is 9.47 Å². The van der Waals surface area contributed by atoms with Gasteiger partial charge in [0.2, 0.25) is 0 Å². The molecule has 0 saturated carbocycles. The molecule has 0 unspecified atom stereocenters. The van der Waals surface area contributed by atoms with Gasteiger partial charge in [0.15, 0.2) is 11.5 Å². The fourth-order valence-electron chi connectivity index (χ4n) is 3.79. The largest absolute Gasteiger partial charge is 0.493 e. The van der Waals surface area contributed by atoms with Gasteiger partial charge in [-0.2, -0.15) is 0 Å². The molecule has 0 spiro atoms. The SMILES string of the molecule is COc1cc2c3c(c1OC)-c1ccccc1[C@@H](O)[C@H]3NCC2. The molecule has 0 amide bonds. The van der Waals surface area contributed by atoms with Crippen molar-refractivity contribution in [3.63, 3.8) is 0 Å². The zero-order valence-corrected chi connectivity index (χ0v) is 12.7. The summed E-state index contributed by atoms with van der Waals surface area (Å²) in [5.41, 5.74) is 5.39. The Morgan fingerprint density at radius 2 is 2.00 bits per heavy atom. The molecule has 1 heterocycles. The van der Waals surface area contributed by atoms with Gasteiger partial charge in [-0.05, 0) is 41.3 Å². The molecule has 1 aliphatic carbocycles. The third-order valence-corrected chi connectivity index (χ3v) is 4.73. The summed E-state index contributed by atoms with van der Waals surface area (Å²) < 4.78 is 11.2. The van der Waals surface area contributed by atoms with E-state index in [1.165, 1.54) is 5.56 Å². The predicted molar refractivity (Wildman–Crippen MR) is 84.4 cm³/mol. The quantitative estimate of drug-likeness (QED) is 0.894. The van der Waals surface area contributed by atoms with Gasteiger partial charge in [0.05, 0.1) is 26.4 Å². The first-order valence-corrected chi connectivity index (χ1v) is 7.54. The summed E-state index contributed by atoms with van der Waals surface area (Å²) in [4.78, 5) is 0. The van der Waals surface area contributed by atoms with Gasteiger partial charge in [0.1, 0.15) is 0 Å². The molecule has 4 rings (SSSR count). The van der Waals surface area contributed by atoms with Gasteiger partial charge in [-0.3, -0.25) is 0 Å². The lowest BCUT2D eigenvalue weighted by Gasteiger charge is -2.38. The van der Waals surface area contributed by atoms with E-state index >= 15 is 0 Å².